The molecule has 0 bridgehead atoms. The summed E-state index contributed by atoms with van der Waals surface area (Å²) in [6.45, 7) is 4.56. The Bertz CT molecular complexity index is 775. The summed E-state index contributed by atoms with van der Waals surface area (Å²) in [5, 5.41) is 12.6. The predicted molar refractivity (Wildman–Crippen MR) is 106 cm³/mol. The number of aryl methyl sites for hydroxylation is 1. The Morgan fingerprint density at radius 1 is 1.26 bits per heavy atom. The number of nitrogens with one attached hydrogen (secondary N) is 1. The molecule has 2 aliphatic rings. The summed E-state index contributed by atoms with van der Waals surface area (Å²) in [6, 6.07) is 8.39. The molecule has 2 aromatic rings. The third-order valence-electron chi connectivity index (χ3n) is 5.47. The number of aromatic nitrogens is 2. The van der Waals surface area contributed by atoms with Gasteiger partial charge in [-0.15, -0.1) is 10.2 Å². The van der Waals surface area contributed by atoms with E-state index in [-0.39, 0.29) is 5.91 Å². The Morgan fingerprint density at radius 2 is 2.07 bits per heavy atom. The number of benzene rings is 1. The van der Waals surface area contributed by atoms with E-state index in [0.717, 1.165) is 43.2 Å². The van der Waals surface area contributed by atoms with Crippen LogP contribution in [0.5, 0.6) is 0 Å². The fourth-order valence-electron chi connectivity index (χ4n) is 3.96. The van der Waals surface area contributed by atoms with E-state index in [4.69, 9.17) is 4.74 Å². The normalized spacial score (nSPS) is 23.0. The highest BCUT2D eigenvalue weighted by molar-refractivity contribution is 7.13. The van der Waals surface area contributed by atoms with E-state index in [0.29, 0.717) is 17.2 Å². The number of amides is 1. The molecule has 1 aliphatic carbocycles. The van der Waals surface area contributed by atoms with E-state index in [1.165, 1.54) is 36.2 Å². The van der Waals surface area contributed by atoms with Gasteiger partial charge in [-0.25, -0.2) is 0 Å². The van der Waals surface area contributed by atoms with Crippen molar-refractivity contribution in [1.29, 1.82) is 0 Å². The zero-order chi connectivity index (χ0) is 18.6. The molecule has 1 aromatic carbocycles. The fraction of sp³-hybridized carbons (Fsp3) is 0.550. The van der Waals surface area contributed by atoms with Crippen LogP contribution in [0.3, 0.4) is 0 Å². The maximum atomic E-state index is 12.5. The molecule has 1 aliphatic heterocycles. The van der Waals surface area contributed by atoms with Gasteiger partial charge in [0.15, 0.2) is 0 Å². The van der Waals surface area contributed by atoms with Gasteiger partial charge in [0, 0.05) is 18.3 Å². The standard InChI is InChI=1S/C20H26N4O2S/c1-2-14-7-9-15(10-8-14)21-19(25)20-23-22-18(27-20)13-24-11-12-26-17-6-4-3-5-16(17)24/h7-10,16-17H,2-6,11-13H2,1H3,(H,21,25). The molecule has 0 radical (unpaired) electrons. The molecule has 1 saturated heterocycles. The largest absolute Gasteiger partial charge is 0.375 e. The minimum atomic E-state index is -0.194. The lowest BCUT2D eigenvalue weighted by molar-refractivity contribution is -0.0911. The maximum Gasteiger partial charge on any atom is 0.286 e. The summed E-state index contributed by atoms with van der Waals surface area (Å²) < 4.78 is 5.94. The number of hydrogen-bond acceptors (Lipinski definition) is 6. The molecule has 2 heterocycles. The number of ether oxygens (including phenoxy) is 1. The van der Waals surface area contributed by atoms with Gasteiger partial charge in [0.2, 0.25) is 5.01 Å². The van der Waals surface area contributed by atoms with Crippen LogP contribution in [0.15, 0.2) is 24.3 Å². The van der Waals surface area contributed by atoms with Crippen molar-refractivity contribution in [1.82, 2.24) is 15.1 Å². The molecule has 6 nitrogen and oxygen atoms in total. The molecular formula is C20H26N4O2S. The molecule has 144 valence electrons. The Balaban J connectivity index is 1.38. The third-order valence-corrected chi connectivity index (χ3v) is 6.37. The van der Waals surface area contributed by atoms with Crippen molar-refractivity contribution in [2.75, 3.05) is 18.5 Å². The van der Waals surface area contributed by atoms with Crippen LogP contribution in [-0.2, 0) is 17.7 Å². The van der Waals surface area contributed by atoms with Crippen molar-refractivity contribution in [2.24, 2.45) is 0 Å². The van der Waals surface area contributed by atoms with Crippen molar-refractivity contribution >= 4 is 22.9 Å². The van der Waals surface area contributed by atoms with Gasteiger partial charge in [0.25, 0.3) is 5.91 Å². The lowest BCUT2D eigenvalue weighted by atomic mass is 9.90. The van der Waals surface area contributed by atoms with Gasteiger partial charge in [0.05, 0.1) is 19.3 Å². The summed E-state index contributed by atoms with van der Waals surface area (Å²) in [5.41, 5.74) is 2.03. The van der Waals surface area contributed by atoms with Crippen LogP contribution in [0.25, 0.3) is 0 Å². The average molecular weight is 387 g/mol. The first kappa shape index (κ1) is 18.5. The van der Waals surface area contributed by atoms with Crippen LogP contribution in [0, 0.1) is 0 Å². The van der Waals surface area contributed by atoms with Crippen molar-refractivity contribution in [2.45, 2.75) is 57.7 Å². The highest BCUT2D eigenvalue weighted by atomic mass is 32.1. The van der Waals surface area contributed by atoms with Crippen LogP contribution in [0.2, 0.25) is 0 Å². The summed E-state index contributed by atoms with van der Waals surface area (Å²) in [5.74, 6) is -0.194. The first-order chi connectivity index (χ1) is 13.2. The monoisotopic (exact) mass is 386 g/mol. The Labute approximate surface area is 163 Å². The highest BCUT2D eigenvalue weighted by Gasteiger charge is 2.34. The average Bonchev–Trinajstić information content (AvgIpc) is 3.18. The molecule has 1 N–H and O–H groups in total. The summed E-state index contributed by atoms with van der Waals surface area (Å²) in [6.07, 6.45) is 6.21. The predicted octanol–water partition coefficient (Wildman–Crippen LogP) is 3.50. The van der Waals surface area contributed by atoms with Gasteiger partial charge < -0.3 is 10.1 Å². The van der Waals surface area contributed by atoms with Crippen molar-refractivity contribution in [3.05, 3.63) is 39.8 Å². The maximum absolute atomic E-state index is 12.5. The number of morpholine rings is 1. The van der Waals surface area contributed by atoms with E-state index in [1.807, 2.05) is 24.3 Å². The Morgan fingerprint density at radius 3 is 2.89 bits per heavy atom. The van der Waals surface area contributed by atoms with Gasteiger partial charge in [0.1, 0.15) is 5.01 Å². The van der Waals surface area contributed by atoms with E-state index in [2.05, 4.69) is 27.3 Å². The number of anilines is 1. The molecule has 2 unspecified atom stereocenters. The SMILES string of the molecule is CCc1ccc(NC(=O)c2nnc(CN3CCOC4CCCCC43)s2)cc1. The van der Waals surface area contributed by atoms with Gasteiger partial charge in [-0.3, -0.25) is 9.69 Å². The van der Waals surface area contributed by atoms with Gasteiger partial charge >= 0.3 is 0 Å². The molecule has 0 spiro atoms. The van der Waals surface area contributed by atoms with E-state index in [1.54, 1.807) is 0 Å². The van der Waals surface area contributed by atoms with Gasteiger partial charge in [-0.1, -0.05) is 43.2 Å². The fourth-order valence-corrected chi connectivity index (χ4v) is 4.72. The molecule has 27 heavy (non-hydrogen) atoms. The van der Waals surface area contributed by atoms with Crippen molar-refractivity contribution in [3.63, 3.8) is 0 Å². The number of carbonyl (C=O) groups is 1. The second kappa shape index (κ2) is 8.46. The zero-order valence-corrected chi connectivity index (χ0v) is 16.5. The van der Waals surface area contributed by atoms with Crippen LogP contribution in [0.4, 0.5) is 5.69 Å². The van der Waals surface area contributed by atoms with E-state index in [9.17, 15) is 4.79 Å². The third kappa shape index (κ3) is 4.36. The first-order valence-corrected chi connectivity index (χ1v) is 10.6. The minimum Gasteiger partial charge on any atom is -0.375 e. The van der Waals surface area contributed by atoms with Crippen LogP contribution < -0.4 is 5.32 Å². The topological polar surface area (TPSA) is 67.4 Å². The van der Waals surface area contributed by atoms with E-state index < -0.39 is 0 Å². The molecule has 1 amide bonds. The second-order valence-electron chi connectivity index (χ2n) is 7.24. The number of hydrogen-bond donors (Lipinski definition) is 1. The zero-order valence-electron chi connectivity index (χ0n) is 15.7. The second-order valence-corrected chi connectivity index (χ2v) is 8.30. The molecular weight excluding hydrogens is 360 g/mol. The number of fused-ring (bicyclic) bond motifs is 1. The smallest absolute Gasteiger partial charge is 0.286 e. The van der Waals surface area contributed by atoms with Crippen molar-refractivity contribution < 1.29 is 9.53 Å². The van der Waals surface area contributed by atoms with Crippen molar-refractivity contribution in [3.8, 4) is 0 Å². The molecule has 2 atom stereocenters. The summed E-state index contributed by atoms with van der Waals surface area (Å²) >= 11 is 1.38. The van der Waals surface area contributed by atoms with Gasteiger partial charge in [-0.05, 0) is 37.0 Å². The van der Waals surface area contributed by atoms with Crippen LogP contribution in [0.1, 0.15) is 53.0 Å². The quantitative estimate of drug-likeness (QED) is 0.852. The number of carbonyl (C=O) groups excluding carboxylic acids is 1. The molecule has 7 heteroatoms. The Hall–Kier alpha value is -1.83. The Kier molecular flexibility index (Phi) is 5.80. The first-order valence-electron chi connectivity index (χ1n) is 9.81. The van der Waals surface area contributed by atoms with Crippen LogP contribution >= 0.6 is 11.3 Å². The van der Waals surface area contributed by atoms with E-state index >= 15 is 0 Å². The van der Waals surface area contributed by atoms with Crippen LogP contribution in [-0.4, -0.2) is 46.3 Å². The molecule has 4 rings (SSSR count). The lowest BCUT2D eigenvalue weighted by Crippen LogP contribution is -2.52. The minimum absolute atomic E-state index is 0.194. The summed E-state index contributed by atoms with van der Waals surface area (Å²) in [7, 11) is 0. The molecule has 1 saturated carbocycles. The molecule has 2 fully saturated rings. The number of nitrogens with zero attached hydrogens (tertiary/aromatic N) is 3. The van der Waals surface area contributed by atoms with Gasteiger partial charge in [-0.2, -0.15) is 0 Å². The summed E-state index contributed by atoms with van der Waals surface area (Å²) in [4.78, 5) is 14.9. The molecule has 1 aromatic heterocycles. The lowest BCUT2D eigenvalue weighted by Gasteiger charge is -2.43. The highest BCUT2D eigenvalue weighted by Crippen LogP contribution is 2.29. The number of rotatable bonds is 5.